The molecule has 1 N–H and O–H groups in total. The molecule has 2 heterocycles. The number of alkyl halides is 3. The summed E-state index contributed by atoms with van der Waals surface area (Å²) in [6, 6.07) is 10.3. The monoisotopic (exact) mass is 338 g/mol. The minimum atomic E-state index is -4.34. The average Bonchev–Trinajstić information content (AvgIpc) is 2.96. The Hall–Kier alpha value is -2.15. The van der Waals surface area contributed by atoms with Crippen LogP contribution in [0.3, 0.4) is 0 Å². The van der Waals surface area contributed by atoms with E-state index in [1.54, 1.807) is 11.3 Å². The van der Waals surface area contributed by atoms with E-state index in [9.17, 15) is 13.2 Å². The second-order valence-corrected chi connectivity index (χ2v) is 6.33. The Morgan fingerprint density at radius 1 is 1.17 bits per heavy atom. The summed E-state index contributed by atoms with van der Waals surface area (Å²) in [6.07, 6.45) is -3.36. The average molecular weight is 338 g/mol. The lowest BCUT2D eigenvalue weighted by Crippen LogP contribution is -2.28. The largest absolute Gasteiger partial charge is 0.419 e. The van der Waals surface area contributed by atoms with E-state index in [1.165, 1.54) is 6.07 Å². The van der Waals surface area contributed by atoms with Crippen molar-refractivity contribution in [1.29, 1.82) is 0 Å². The first-order valence-electron chi connectivity index (χ1n) is 7.03. The van der Waals surface area contributed by atoms with E-state index in [2.05, 4.69) is 9.97 Å². The van der Waals surface area contributed by atoms with Gasteiger partial charge in [0.15, 0.2) is 0 Å². The van der Waals surface area contributed by atoms with Crippen molar-refractivity contribution in [2.24, 2.45) is 0 Å². The van der Waals surface area contributed by atoms with Crippen LogP contribution in [0.1, 0.15) is 23.5 Å². The third-order valence-electron chi connectivity index (χ3n) is 3.75. The molecular weight excluding hydrogens is 323 g/mol. The standard InChI is InChI=1S/C16H14F3N3S/c1-10(15-21-12-5-3-4-6-13(12)23-15)22(2)14-8-7-11(9-20-14)16(17,18)19/h3-10H,1-2H3/p+1/t10-/m1/s1. The summed E-state index contributed by atoms with van der Waals surface area (Å²) in [6.45, 7) is 1.98. The fourth-order valence-electron chi connectivity index (χ4n) is 2.26. The maximum atomic E-state index is 12.6. The van der Waals surface area contributed by atoms with Crippen molar-refractivity contribution in [1.82, 2.24) is 4.98 Å². The number of thiazole rings is 1. The van der Waals surface area contributed by atoms with Gasteiger partial charge in [0.2, 0.25) is 0 Å². The highest BCUT2D eigenvalue weighted by molar-refractivity contribution is 7.18. The first-order valence-corrected chi connectivity index (χ1v) is 7.85. The summed E-state index contributed by atoms with van der Waals surface area (Å²) >= 11 is 1.59. The second kappa shape index (κ2) is 5.81. The van der Waals surface area contributed by atoms with Crippen LogP contribution in [0.15, 0.2) is 42.6 Å². The molecule has 0 aliphatic rings. The van der Waals surface area contributed by atoms with E-state index < -0.39 is 11.7 Å². The van der Waals surface area contributed by atoms with Gasteiger partial charge in [-0.15, -0.1) is 11.3 Å². The molecule has 0 spiro atoms. The number of rotatable bonds is 3. The number of anilines is 1. The summed E-state index contributed by atoms with van der Waals surface area (Å²) < 4.78 is 39.0. The molecule has 3 rings (SSSR count). The molecule has 3 nitrogen and oxygen atoms in total. The number of aromatic nitrogens is 2. The van der Waals surface area contributed by atoms with Crippen molar-refractivity contribution >= 4 is 27.4 Å². The van der Waals surface area contributed by atoms with Crippen LogP contribution in [-0.4, -0.2) is 12.0 Å². The Labute approximate surface area is 135 Å². The molecule has 0 bridgehead atoms. The van der Waals surface area contributed by atoms with Gasteiger partial charge in [-0.25, -0.2) is 9.97 Å². The molecule has 23 heavy (non-hydrogen) atoms. The van der Waals surface area contributed by atoms with Gasteiger partial charge in [-0.1, -0.05) is 12.1 Å². The fourth-order valence-corrected chi connectivity index (χ4v) is 3.32. The normalized spacial score (nSPS) is 13.3. The van der Waals surface area contributed by atoms with Crippen LogP contribution >= 0.6 is 11.3 Å². The van der Waals surface area contributed by atoms with Crippen LogP contribution in [0.2, 0.25) is 0 Å². The van der Waals surface area contributed by atoms with Crippen LogP contribution in [0, 0.1) is 0 Å². The molecule has 0 saturated heterocycles. The summed E-state index contributed by atoms with van der Waals surface area (Å²) in [4.78, 5) is 9.18. The number of nitrogens with zero attached hydrogens (tertiary/aromatic N) is 2. The number of nitrogens with one attached hydrogen (secondary N) is 1. The van der Waals surface area contributed by atoms with E-state index >= 15 is 0 Å². The molecule has 7 heteroatoms. The van der Waals surface area contributed by atoms with Crippen molar-refractivity contribution in [3.63, 3.8) is 0 Å². The van der Waals surface area contributed by atoms with Gasteiger partial charge in [0.25, 0.3) is 5.82 Å². The van der Waals surface area contributed by atoms with Gasteiger partial charge in [0, 0.05) is 6.07 Å². The van der Waals surface area contributed by atoms with E-state index in [0.717, 1.165) is 27.5 Å². The molecule has 1 aromatic carbocycles. The van der Waals surface area contributed by atoms with Gasteiger partial charge in [0.1, 0.15) is 17.2 Å². The van der Waals surface area contributed by atoms with Crippen molar-refractivity contribution in [2.75, 3.05) is 11.9 Å². The molecule has 0 fully saturated rings. The highest BCUT2D eigenvalue weighted by Crippen LogP contribution is 2.31. The molecule has 0 aliphatic heterocycles. The van der Waals surface area contributed by atoms with Crippen molar-refractivity contribution in [2.45, 2.75) is 19.1 Å². The van der Waals surface area contributed by atoms with Gasteiger partial charge in [-0.2, -0.15) is 13.2 Å². The zero-order valence-electron chi connectivity index (χ0n) is 12.6. The topological polar surface area (TPSA) is 30.3 Å². The maximum absolute atomic E-state index is 12.6. The lowest BCUT2D eigenvalue weighted by atomic mass is 10.2. The number of para-hydroxylation sites is 1. The molecule has 1 atom stereocenters. The number of fused-ring (bicyclic) bond motifs is 1. The minimum Gasteiger partial charge on any atom is -0.255 e. The van der Waals surface area contributed by atoms with Crippen LogP contribution in [0.4, 0.5) is 19.0 Å². The summed E-state index contributed by atoms with van der Waals surface area (Å²) in [5.41, 5.74) is 0.242. The Morgan fingerprint density at radius 2 is 1.91 bits per heavy atom. The molecule has 0 amide bonds. The summed E-state index contributed by atoms with van der Waals surface area (Å²) in [5, 5.41) is 0.919. The Kier molecular flexibility index (Phi) is 3.97. The van der Waals surface area contributed by atoms with Gasteiger partial charge < -0.3 is 0 Å². The number of pyridine rings is 1. The highest BCUT2D eigenvalue weighted by Gasteiger charge is 2.32. The molecule has 3 aromatic rings. The minimum absolute atomic E-state index is 0.0552. The van der Waals surface area contributed by atoms with Gasteiger partial charge in [0.05, 0.1) is 22.8 Å². The van der Waals surface area contributed by atoms with Crippen molar-refractivity contribution in [3.8, 4) is 0 Å². The predicted octanol–water partition coefficient (Wildman–Crippen LogP) is 4.33. The van der Waals surface area contributed by atoms with Gasteiger partial charge in [-0.05, 0) is 25.1 Å². The SMILES string of the molecule is C[C@H](c1nc2ccccc2s1)N(C)c1ccc(C(F)(F)F)c[nH+]1. The quantitative estimate of drug-likeness (QED) is 0.712. The maximum Gasteiger partial charge on any atom is 0.419 e. The Bertz CT molecular complexity index is 778. The summed E-state index contributed by atoms with van der Waals surface area (Å²) in [5.74, 6) is 0.602. The molecular formula is C16H15F3N3S+. The molecule has 0 saturated carbocycles. The number of hydrogen-bond donors (Lipinski definition) is 0. The second-order valence-electron chi connectivity index (χ2n) is 5.27. The van der Waals surface area contributed by atoms with E-state index in [1.807, 2.05) is 43.1 Å². The van der Waals surface area contributed by atoms with Crippen LogP contribution < -0.4 is 9.88 Å². The van der Waals surface area contributed by atoms with E-state index in [0.29, 0.717) is 5.82 Å². The van der Waals surface area contributed by atoms with Crippen molar-refractivity contribution < 1.29 is 18.2 Å². The van der Waals surface area contributed by atoms with Crippen LogP contribution in [0.5, 0.6) is 0 Å². The number of benzene rings is 1. The number of halogens is 3. The number of hydrogen-bond acceptors (Lipinski definition) is 3. The Morgan fingerprint density at radius 3 is 2.52 bits per heavy atom. The first kappa shape index (κ1) is 15.7. The molecule has 0 unspecified atom stereocenters. The molecule has 120 valence electrons. The third kappa shape index (κ3) is 3.14. The third-order valence-corrected chi connectivity index (χ3v) is 4.96. The summed E-state index contributed by atoms with van der Waals surface area (Å²) in [7, 11) is 1.83. The number of H-pyrrole nitrogens is 1. The van der Waals surface area contributed by atoms with Crippen LogP contribution in [-0.2, 0) is 6.18 Å². The smallest absolute Gasteiger partial charge is 0.255 e. The molecule has 0 radical (unpaired) electrons. The van der Waals surface area contributed by atoms with Gasteiger partial charge in [-0.3, -0.25) is 4.90 Å². The first-order chi connectivity index (χ1) is 10.9. The molecule has 0 aliphatic carbocycles. The molecule has 2 aromatic heterocycles. The Balaban J connectivity index is 1.85. The van der Waals surface area contributed by atoms with Gasteiger partial charge >= 0.3 is 6.18 Å². The fraction of sp³-hybridized carbons (Fsp3) is 0.250. The zero-order valence-corrected chi connectivity index (χ0v) is 13.4. The highest BCUT2D eigenvalue weighted by atomic mass is 32.1. The zero-order chi connectivity index (χ0) is 16.6. The van der Waals surface area contributed by atoms with E-state index in [4.69, 9.17) is 0 Å². The van der Waals surface area contributed by atoms with E-state index in [-0.39, 0.29) is 6.04 Å². The lowest BCUT2D eigenvalue weighted by Gasteiger charge is -2.17. The predicted molar refractivity (Wildman–Crippen MR) is 84.4 cm³/mol. The lowest BCUT2D eigenvalue weighted by molar-refractivity contribution is -0.367. The van der Waals surface area contributed by atoms with Crippen molar-refractivity contribution in [3.05, 3.63) is 53.2 Å². The number of aromatic amines is 1. The van der Waals surface area contributed by atoms with Crippen LogP contribution in [0.25, 0.3) is 10.2 Å².